The molecule has 88 valence electrons. The second-order valence-electron chi connectivity index (χ2n) is 3.36. The summed E-state index contributed by atoms with van der Waals surface area (Å²) >= 11 is 4.46. The number of halogens is 3. The number of nitrogens with two attached hydrogens (primary N) is 1. The van der Waals surface area contributed by atoms with E-state index in [0.717, 1.165) is 15.4 Å². The first kappa shape index (κ1) is 12.4. The smallest absolute Gasteiger partial charge is 0.140 e. The predicted octanol–water partition coefficient (Wildman–Crippen LogP) is 4.46. The molecule has 2 N–H and O–H groups in total. The van der Waals surface area contributed by atoms with Crippen LogP contribution in [0.1, 0.15) is 0 Å². The van der Waals surface area contributed by atoms with Crippen LogP contribution in [0.15, 0.2) is 50.7 Å². The molecule has 0 aliphatic rings. The minimum Gasteiger partial charge on any atom is -0.398 e. The molecule has 0 radical (unpaired) electrons. The van der Waals surface area contributed by atoms with Gasteiger partial charge >= 0.3 is 0 Å². The quantitative estimate of drug-likeness (QED) is 0.828. The number of benzene rings is 2. The molecule has 0 atom stereocenters. The fraction of sp³-hybridized carbons (Fsp3) is 0. The standard InChI is InChI=1S/C12H8BrF2NS/c13-7-1-3-12(10(16)5-7)17-11-4-2-8(14)6-9(11)15/h1-6H,16H2. The molecule has 0 spiro atoms. The highest BCUT2D eigenvalue weighted by Gasteiger charge is 2.08. The summed E-state index contributed by atoms with van der Waals surface area (Å²) in [6, 6.07) is 8.82. The van der Waals surface area contributed by atoms with Gasteiger partial charge in [-0.2, -0.15) is 0 Å². The van der Waals surface area contributed by atoms with Gasteiger partial charge in [-0.1, -0.05) is 27.7 Å². The lowest BCUT2D eigenvalue weighted by atomic mass is 10.3. The van der Waals surface area contributed by atoms with E-state index in [-0.39, 0.29) is 0 Å². The van der Waals surface area contributed by atoms with Gasteiger partial charge in [0.1, 0.15) is 11.6 Å². The van der Waals surface area contributed by atoms with Crippen LogP contribution in [0.5, 0.6) is 0 Å². The predicted molar refractivity (Wildman–Crippen MR) is 69.0 cm³/mol. The monoisotopic (exact) mass is 315 g/mol. The zero-order valence-corrected chi connectivity index (χ0v) is 11.0. The summed E-state index contributed by atoms with van der Waals surface area (Å²) in [5, 5.41) is 0. The lowest BCUT2D eigenvalue weighted by Crippen LogP contribution is -1.89. The zero-order valence-electron chi connectivity index (χ0n) is 8.58. The van der Waals surface area contributed by atoms with E-state index in [1.807, 2.05) is 6.07 Å². The maximum absolute atomic E-state index is 13.4. The molecule has 0 unspecified atom stereocenters. The van der Waals surface area contributed by atoms with Gasteiger partial charge in [0.25, 0.3) is 0 Å². The fourth-order valence-corrected chi connectivity index (χ4v) is 2.51. The summed E-state index contributed by atoms with van der Waals surface area (Å²) in [7, 11) is 0. The van der Waals surface area contributed by atoms with Crippen LogP contribution in [0.2, 0.25) is 0 Å². The van der Waals surface area contributed by atoms with Gasteiger partial charge in [-0.3, -0.25) is 0 Å². The largest absolute Gasteiger partial charge is 0.398 e. The summed E-state index contributed by atoms with van der Waals surface area (Å²) in [6.07, 6.45) is 0. The highest BCUT2D eigenvalue weighted by atomic mass is 79.9. The second kappa shape index (κ2) is 5.06. The van der Waals surface area contributed by atoms with Crippen LogP contribution in [0.3, 0.4) is 0 Å². The van der Waals surface area contributed by atoms with Crippen LogP contribution >= 0.6 is 27.7 Å². The maximum Gasteiger partial charge on any atom is 0.140 e. The minimum atomic E-state index is -0.587. The molecule has 0 amide bonds. The minimum absolute atomic E-state index is 0.348. The van der Waals surface area contributed by atoms with Crippen molar-refractivity contribution in [3.63, 3.8) is 0 Å². The van der Waals surface area contributed by atoms with Crippen molar-refractivity contribution < 1.29 is 8.78 Å². The molecule has 2 aromatic carbocycles. The number of hydrogen-bond acceptors (Lipinski definition) is 2. The molecule has 5 heteroatoms. The Kier molecular flexibility index (Phi) is 3.69. The van der Waals surface area contributed by atoms with Gasteiger partial charge in [0.15, 0.2) is 0 Å². The summed E-state index contributed by atoms with van der Waals surface area (Å²) < 4.78 is 27.0. The van der Waals surface area contributed by atoms with Crippen molar-refractivity contribution in [2.24, 2.45) is 0 Å². The number of anilines is 1. The van der Waals surface area contributed by atoms with Gasteiger partial charge in [0.05, 0.1) is 0 Å². The summed E-state index contributed by atoms with van der Waals surface area (Å²) in [5.41, 5.74) is 6.35. The first-order valence-electron chi connectivity index (χ1n) is 4.74. The Bertz CT molecular complexity index is 511. The normalized spacial score (nSPS) is 10.5. The Morgan fingerprint density at radius 2 is 1.71 bits per heavy atom. The Hall–Kier alpha value is -1.07. The van der Waals surface area contributed by atoms with E-state index in [2.05, 4.69) is 15.9 Å². The lowest BCUT2D eigenvalue weighted by Gasteiger charge is -2.06. The van der Waals surface area contributed by atoms with Gasteiger partial charge in [-0.25, -0.2) is 8.78 Å². The van der Waals surface area contributed by atoms with E-state index in [0.29, 0.717) is 10.6 Å². The number of rotatable bonds is 2. The Balaban J connectivity index is 2.31. The third-order valence-corrected chi connectivity index (χ3v) is 3.72. The number of hydrogen-bond donors (Lipinski definition) is 1. The van der Waals surface area contributed by atoms with Crippen LogP contribution in [-0.2, 0) is 0 Å². The Morgan fingerprint density at radius 1 is 1.00 bits per heavy atom. The van der Waals surface area contributed by atoms with Gasteiger partial charge in [0, 0.05) is 26.0 Å². The van der Waals surface area contributed by atoms with Crippen LogP contribution in [-0.4, -0.2) is 0 Å². The molecule has 2 aromatic rings. The van der Waals surface area contributed by atoms with E-state index < -0.39 is 11.6 Å². The van der Waals surface area contributed by atoms with E-state index in [1.54, 1.807) is 12.1 Å². The fourth-order valence-electron chi connectivity index (χ4n) is 1.29. The van der Waals surface area contributed by atoms with Crippen molar-refractivity contribution in [3.05, 3.63) is 52.5 Å². The lowest BCUT2D eigenvalue weighted by molar-refractivity contribution is 0.566. The summed E-state index contributed by atoms with van der Waals surface area (Å²) in [6.45, 7) is 0. The molecule has 0 aliphatic carbocycles. The molecule has 0 aliphatic heterocycles. The second-order valence-corrected chi connectivity index (χ2v) is 5.36. The SMILES string of the molecule is Nc1cc(Br)ccc1Sc1ccc(F)cc1F. The highest BCUT2D eigenvalue weighted by Crippen LogP contribution is 2.34. The van der Waals surface area contributed by atoms with Crippen molar-refractivity contribution in [1.29, 1.82) is 0 Å². The molecular weight excluding hydrogens is 308 g/mol. The average molecular weight is 316 g/mol. The Labute approximate surface area is 110 Å². The van der Waals surface area contributed by atoms with Gasteiger partial charge in [0.2, 0.25) is 0 Å². The molecule has 0 fully saturated rings. The maximum atomic E-state index is 13.4. The summed E-state index contributed by atoms with van der Waals surface area (Å²) in [4.78, 5) is 1.08. The molecule has 0 heterocycles. The van der Waals surface area contributed by atoms with Crippen LogP contribution < -0.4 is 5.73 Å². The van der Waals surface area contributed by atoms with Crippen molar-refractivity contribution in [2.75, 3.05) is 5.73 Å². The van der Waals surface area contributed by atoms with E-state index >= 15 is 0 Å². The van der Waals surface area contributed by atoms with Gasteiger partial charge in [-0.05, 0) is 30.3 Å². The summed E-state index contributed by atoms with van der Waals surface area (Å²) in [5.74, 6) is -1.17. The van der Waals surface area contributed by atoms with Gasteiger partial charge < -0.3 is 5.73 Å². The van der Waals surface area contributed by atoms with E-state index in [4.69, 9.17) is 5.73 Å². The van der Waals surface area contributed by atoms with Crippen LogP contribution in [0.25, 0.3) is 0 Å². The molecule has 17 heavy (non-hydrogen) atoms. The molecule has 1 nitrogen and oxygen atoms in total. The first-order chi connectivity index (χ1) is 8.06. The van der Waals surface area contributed by atoms with Crippen LogP contribution in [0.4, 0.5) is 14.5 Å². The molecular formula is C12H8BrF2NS. The first-order valence-corrected chi connectivity index (χ1v) is 6.35. The molecule has 0 bridgehead atoms. The van der Waals surface area contributed by atoms with Crippen molar-refractivity contribution in [3.8, 4) is 0 Å². The van der Waals surface area contributed by atoms with Crippen LogP contribution in [0, 0.1) is 11.6 Å². The van der Waals surface area contributed by atoms with Gasteiger partial charge in [-0.15, -0.1) is 0 Å². The molecule has 0 saturated carbocycles. The average Bonchev–Trinajstić information content (AvgIpc) is 2.25. The van der Waals surface area contributed by atoms with Crippen molar-refractivity contribution in [1.82, 2.24) is 0 Å². The molecule has 2 rings (SSSR count). The molecule has 0 aromatic heterocycles. The Morgan fingerprint density at radius 3 is 2.35 bits per heavy atom. The van der Waals surface area contributed by atoms with E-state index in [1.165, 1.54) is 23.9 Å². The van der Waals surface area contributed by atoms with Crippen molar-refractivity contribution >= 4 is 33.4 Å². The topological polar surface area (TPSA) is 26.0 Å². The third-order valence-electron chi connectivity index (χ3n) is 2.09. The van der Waals surface area contributed by atoms with E-state index in [9.17, 15) is 8.78 Å². The van der Waals surface area contributed by atoms with Crippen molar-refractivity contribution in [2.45, 2.75) is 9.79 Å². The highest BCUT2D eigenvalue weighted by molar-refractivity contribution is 9.10. The number of nitrogen functional groups attached to an aromatic ring is 1. The zero-order chi connectivity index (χ0) is 12.4. The third kappa shape index (κ3) is 2.98. The molecule has 0 saturated heterocycles.